The number of sulfonamides is 1. The normalized spacial score (nSPS) is 14.0. The number of hydrogen-bond acceptors (Lipinski definition) is 6. The Kier molecular flexibility index (Phi) is 7.20. The summed E-state index contributed by atoms with van der Waals surface area (Å²) in [5.41, 5.74) is 2.41. The van der Waals surface area contributed by atoms with Gasteiger partial charge in [-0.05, 0) is 79.2 Å². The summed E-state index contributed by atoms with van der Waals surface area (Å²) in [7, 11) is -2.08. The zero-order valence-electron chi connectivity index (χ0n) is 18.4. The summed E-state index contributed by atoms with van der Waals surface area (Å²) in [6.45, 7) is 2.01. The molecule has 1 saturated heterocycles. The summed E-state index contributed by atoms with van der Waals surface area (Å²) in [5, 5.41) is 4.57. The van der Waals surface area contributed by atoms with E-state index in [2.05, 4.69) is 10.2 Å². The van der Waals surface area contributed by atoms with Crippen LogP contribution in [-0.2, 0) is 14.8 Å². The van der Waals surface area contributed by atoms with Gasteiger partial charge in [-0.1, -0.05) is 6.07 Å². The number of rotatable bonds is 8. The van der Waals surface area contributed by atoms with Crippen molar-refractivity contribution >= 4 is 44.3 Å². The highest BCUT2D eigenvalue weighted by Gasteiger charge is 2.22. The molecule has 1 aromatic heterocycles. The highest BCUT2D eigenvalue weighted by atomic mass is 32.2. The van der Waals surface area contributed by atoms with Gasteiger partial charge < -0.3 is 15.0 Å². The third-order valence-corrected chi connectivity index (χ3v) is 8.71. The Morgan fingerprint density at radius 1 is 1.03 bits per heavy atom. The number of hydrogen-bond donors (Lipinski definition) is 1. The maximum absolute atomic E-state index is 12.6. The molecule has 1 amide bonds. The number of anilines is 3. The molecule has 1 aliphatic heterocycles. The van der Waals surface area contributed by atoms with Crippen molar-refractivity contribution in [3.05, 3.63) is 66.0 Å². The lowest BCUT2D eigenvalue weighted by atomic mass is 10.1. The van der Waals surface area contributed by atoms with Crippen molar-refractivity contribution in [3.8, 4) is 5.75 Å². The predicted molar refractivity (Wildman–Crippen MR) is 133 cm³/mol. The van der Waals surface area contributed by atoms with Gasteiger partial charge in [-0.15, -0.1) is 11.3 Å². The molecule has 0 radical (unpaired) electrons. The van der Waals surface area contributed by atoms with Crippen LogP contribution in [0.2, 0.25) is 0 Å². The van der Waals surface area contributed by atoms with Gasteiger partial charge in [0.2, 0.25) is 0 Å². The third kappa shape index (κ3) is 5.66. The average Bonchev–Trinajstić information content (AvgIpc) is 3.40. The SMILES string of the molecule is CN(c1ccc(OCC(=O)Nc2ccc(N3CCCCC3)cc2)cc1)S(=O)(=O)c1cccs1. The quantitative estimate of drug-likeness (QED) is 0.505. The van der Waals surface area contributed by atoms with Crippen molar-refractivity contribution in [1.29, 1.82) is 0 Å². The van der Waals surface area contributed by atoms with Gasteiger partial charge in [-0.3, -0.25) is 9.10 Å². The molecule has 0 unspecified atom stereocenters. The van der Waals surface area contributed by atoms with Crippen LogP contribution in [0.4, 0.5) is 17.1 Å². The van der Waals surface area contributed by atoms with Gasteiger partial charge in [0.15, 0.2) is 6.61 Å². The standard InChI is InChI=1S/C24H27N3O4S2/c1-26(33(29,30)24-6-5-17-32-24)20-11-13-22(14-12-20)31-18-23(28)25-19-7-9-21(10-8-19)27-15-3-2-4-16-27/h5-14,17H,2-4,15-16,18H2,1H3,(H,25,28). The monoisotopic (exact) mass is 485 g/mol. The number of nitrogens with zero attached hydrogens (tertiary/aromatic N) is 2. The zero-order valence-corrected chi connectivity index (χ0v) is 20.1. The number of piperidine rings is 1. The van der Waals surface area contributed by atoms with Gasteiger partial charge in [0.1, 0.15) is 9.96 Å². The van der Waals surface area contributed by atoms with Crippen LogP contribution in [0.3, 0.4) is 0 Å². The van der Waals surface area contributed by atoms with Gasteiger partial charge in [-0.25, -0.2) is 8.42 Å². The van der Waals surface area contributed by atoms with Crippen LogP contribution in [0.1, 0.15) is 19.3 Å². The van der Waals surface area contributed by atoms with Gasteiger partial charge in [0, 0.05) is 31.5 Å². The van der Waals surface area contributed by atoms with E-state index in [1.807, 2.05) is 24.3 Å². The highest BCUT2D eigenvalue weighted by molar-refractivity contribution is 7.94. The summed E-state index contributed by atoms with van der Waals surface area (Å²) >= 11 is 1.17. The first-order valence-electron chi connectivity index (χ1n) is 10.8. The van der Waals surface area contributed by atoms with Crippen molar-refractivity contribution in [2.24, 2.45) is 0 Å². The van der Waals surface area contributed by atoms with E-state index >= 15 is 0 Å². The molecule has 2 aromatic carbocycles. The third-order valence-electron chi connectivity index (χ3n) is 5.55. The molecular formula is C24H27N3O4S2. The van der Waals surface area contributed by atoms with E-state index in [1.165, 1.54) is 47.6 Å². The van der Waals surface area contributed by atoms with E-state index in [4.69, 9.17) is 4.74 Å². The first-order valence-corrected chi connectivity index (χ1v) is 13.2. The Morgan fingerprint density at radius 2 is 1.73 bits per heavy atom. The fourth-order valence-corrected chi connectivity index (χ4v) is 6.05. The van der Waals surface area contributed by atoms with Gasteiger partial charge in [0.25, 0.3) is 15.9 Å². The molecule has 9 heteroatoms. The first-order chi connectivity index (χ1) is 15.9. The summed E-state index contributed by atoms with van der Waals surface area (Å²) in [6.07, 6.45) is 3.73. The lowest BCUT2D eigenvalue weighted by Gasteiger charge is -2.28. The number of ether oxygens (including phenoxy) is 1. The van der Waals surface area contributed by atoms with E-state index < -0.39 is 10.0 Å². The molecule has 4 rings (SSSR count). The molecule has 0 atom stereocenters. The van der Waals surface area contributed by atoms with E-state index in [9.17, 15) is 13.2 Å². The largest absolute Gasteiger partial charge is 0.484 e. The Labute approximate surface area is 198 Å². The van der Waals surface area contributed by atoms with Crippen LogP contribution >= 0.6 is 11.3 Å². The molecule has 1 N–H and O–H groups in total. The van der Waals surface area contributed by atoms with Gasteiger partial charge >= 0.3 is 0 Å². The Balaban J connectivity index is 1.29. The zero-order chi connectivity index (χ0) is 23.3. The minimum atomic E-state index is -3.59. The van der Waals surface area contributed by atoms with E-state index in [0.29, 0.717) is 11.4 Å². The Hall–Kier alpha value is -3.04. The lowest BCUT2D eigenvalue weighted by Crippen LogP contribution is -2.29. The van der Waals surface area contributed by atoms with Crippen molar-refractivity contribution < 1.29 is 17.9 Å². The topological polar surface area (TPSA) is 79.0 Å². The van der Waals surface area contributed by atoms with E-state index in [0.717, 1.165) is 18.8 Å². The minimum absolute atomic E-state index is 0.142. The number of carbonyl (C=O) groups is 1. The molecule has 0 saturated carbocycles. The van der Waals surface area contributed by atoms with Crippen LogP contribution in [0.15, 0.2) is 70.3 Å². The average molecular weight is 486 g/mol. The first kappa shape index (κ1) is 23.1. The van der Waals surface area contributed by atoms with Crippen LogP contribution in [-0.4, -0.2) is 41.1 Å². The molecule has 7 nitrogen and oxygen atoms in total. The number of carbonyl (C=O) groups excluding carboxylic acids is 1. The molecule has 174 valence electrons. The second kappa shape index (κ2) is 10.3. The summed E-state index contributed by atoms with van der Waals surface area (Å²) in [4.78, 5) is 14.6. The molecule has 3 aromatic rings. The van der Waals surface area contributed by atoms with Crippen LogP contribution in [0.5, 0.6) is 5.75 Å². The van der Waals surface area contributed by atoms with Crippen LogP contribution in [0.25, 0.3) is 0 Å². The van der Waals surface area contributed by atoms with E-state index in [-0.39, 0.29) is 16.7 Å². The number of benzene rings is 2. The fourth-order valence-electron chi connectivity index (χ4n) is 3.69. The van der Waals surface area contributed by atoms with Gasteiger partial charge in [0.05, 0.1) is 5.69 Å². The number of thiophene rings is 1. The molecule has 0 bridgehead atoms. The Morgan fingerprint density at radius 3 is 2.36 bits per heavy atom. The van der Waals surface area contributed by atoms with Crippen molar-refractivity contribution in [3.63, 3.8) is 0 Å². The smallest absolute Gasteiger partial charge is 0.273 e. The van der Waals surface area contributed by atoms with E-state index in [1.54, 1.807) is 41.8 Å². The summed E-state index contributed by atoms with van der Waals surface area (Å²) < 4.78 is 32.3. The molecule has 2 heterocycles. The van der Waals surface area contributed by atoms with Gasteiger partial charge in [-0.2, -0.15) is 0 Å². The predicted octanol–water partition coefficient (Wildman–Crippen LogP) is 4.58. The second-order valence-electron chi connectivity index (χ2n) is 7.83. The number of amides is 1. The van der Waals surface area contributed by atoms with Crippen LogP contribution in [0, 0.1) is 0 Å². The second-order valence-corrected chi connectivity index (χ2v) is 11.0. The molecular weight excluding hydrogens is 458 g/mol. The maximum atomic E-state index is 12.6. The molecule has 0 spiro atoms. The summed E-state index contributed by atoms with van der Waals surface area (Å²) in [5.74, 6) is 0.221. The van der Waals surface area contributed by atoms with Crippen molar-refractivity contribution in [2.75, 3.05) is 41.3 Å². The Bertz CT molecular complexity index is 1160. The molecule has 0 aliphatic carbocycles. The summed E-state index contributed by atoms with van der Waals surface area (Å²) in [6, 6.07) is 17.7. The lowest BCUT2D eigenvalue weighted by molar-refractivity contribution is -0.118. The molecule has 33 heavy (non-hydrogen) atoms. The van der Waals surface area contributed by atoms with Crippen molar-refractivity contribution in [1.82, 2.24) is 0 Å². The maximum Gasteiger partial charge on any atom is 0.273 e. The minimum Gasteiger partial charge on any atom is -0.484 e. The number of nitrogens with one attached hydrogen (secondary N) is 1. The van der Waals surface area contributed by atoms with Crippen molar-refractivity contribution in [2.45, 2.75) is 23.5 Å². The fraction of sp³-hybridized carbons (Fsp3) is 0.292. The molecule has 1 fully saturated rings. The molecule has 1 aliphatic rings. The van der Waals surface area contributed by atoms with Crippen LogP contribution < -0.4 is 19.3 Å². The highest BCUT2D eigenvalue weighted by Crippen LogP contribution is 2.27.